The van der Waals surface area contributed by atoms with Gasteiger partial charge in [0.2, 0.25) is 11.7 Å². The molecule has 2 aromatic heterocycles. The Kier molecular flexibility index (Phi) is 12.0. The molecule has 3 heterocycles. The molecular formula is C30H34ClF3N6O3. The van der Waals surface area contributed by atoms with Crippen molar-refractivity contribution in [3.05, 3.63) is 93.8 Å². The summed E-state index contributed by atoms with van der Waals surface area (Å²) in [5, 5.41) is 6.39. The minimum atomic E-state index is -0.732. The summed E-state index contributed by atoms with van der Waals surface area (Å²) >= 11 is 5.74. The summed E-state index contributed by atoms with van der Waals surface area (Å²) in [7, 11) is 0. The van der Waals surface area contributed by atoms with Crippen LogP contribution in [0.5, 0.6) is 5.88 Å². The average Bonchev–Trinajstić information content (AvgIpc) is 3.63. The third-order valence-corrected chi connectivity index (χ3v) is 6.40. The Morgan fingerprint density at radius 2 is 1.81 bits per heavy atom. The molecule has 13 heteroatoms. The van der Waals surface area contributed by atoms with E-state index in [0.29, 0.717) is 5.41 Å². The number of ether oxygens (including phenoxy) is 2. The molecule has 1 amide bonds. The maximum absolute atomic E-state index is 14.8. The van der Waals surface area contributed by atoms with Crippen LogP contribution in [-0.4, -0.2) is 39.3 Å². The Bertz CT molecular complexity index is 1530. The average molecular weight is 619 g/mol. The lowest BCUT2D eigenvalue weighted by Gasteiger charge is -2.11. The summed E-state index contributed by atoms with van der Waals surface area (Å²) in [6.45, 7) is 10.3. The van der Waals surface area contributed by atoms with E-state index < -0.39 is 23.4 Å². The van der Waals surface area contributed by atoms with Crippen LogP contribution in [0, 0.1) is 22.9 Å². The number of aromatic amines is 1. The van der Waals surface area contributed by atoms with Gasteiger partial charge in [-0.05, 0) is 47.7 Å². The molecule has 0 bridgehead atoms. The zero-order valence-electron chi connectivity index (χ0n) is 24.3. The topological polar surface area (TPSA) is 128 Å². The number of carbonyl (C=O) groups is 1. The fourth-order valence-electron chi connectivity index (χ4n) is 3.85. The van der Waals surface area contributed by atoms with E-state index in [0.717, 1.165) is 31.4 Å². The maximum atomic E-state index is 14.8. The van der Waals surface area contributed by atoms with Crippen molar-refractivity contribution < 1.29 is 27.4 Å². The Morgan fingerprint density at radius 3 is 2.44 bits per heavy atom. The first kappa shape index (κ1) is 33.5. The van der Waals surface area contributed by atoms with E-state index in [2.05, 4.69) is 34.0 Å². The van der Waals surface area contributed by atoms with Crippen LogP contribution in [0.1, 0.15) is 61.7 Å². The molecular weight excluding hydrogens is 585 g/mol. The number of nitrogens with two attached hydrogens (primary N) is 1. The second-order valence-electron chi connectivity index (χ2n) is 10.0. The first-order chi connectivity index (χ1) is 20.5. The van der Waals surface area contributed by atoms with E-state index >= 15 is 0 Å². The highest BCUT2D eigenvalue weighted by Crippen LogP contribution is 2.27. The van der Waals surface area contributed by atoms with E-state index in [1.54, 1.807) is 6.07 Å². The van der Waals surface area contributed by atoms with Crippen LogP contribution >= 0.6 is 11.6 Å². The minimum Gasteiger partial charge on any atom is -0.473 e. The third-order valence-electron chi connectivity index (χ3n) is 6.17. The van der Waals surface area contributed by atoms with Crippen molar-refractivity contribution in [2.75, 3.05) is 13.2 Å². The number of rotatable bonds is 7. The van der Waals surface area contributed by atoms with Crippen molar-refractivity contribution in [1.29, 1.82) is 0 Å². The molecule has 0 radical (unpaired) electrons. The summed E-state index contributed by atoms with van der Waals surface area (Å²) in [6.07, 6.45) is 1.09. The van der Waals surface area contributed by atoms with Gasteiger partial charge in [0.1, 0.15) is 29.9 Å². The summed E-state index contributed by atoms with van der Waals surface area (Å²) < 4.78 is 54.2. The smallest absolute Gasteiger partial charge is 0.304 e. The third kappa shape index (κ3) is 9.50. The Labute approximate surface area is 253 Å². The highest BCUT2D eigenvalue weighted by molar-refractivity contribution is 6.30. The Balaban J connectivity index is 0.000000487. The van der Waals surface area contributed by atoms with Crippen molar-refractivity contribution in [3.63, 3.8) is 0 Å². The van der Waals surface area contributed by atoms with Crippen molar-refractivity contribution >= 4 is 17.5 Å². The van der Waals surface area contributed by atoms with Gasteiger partial charge in [0.15, 0.2) is 0 Å². The lowest BCUT2D eigenvalue weighted by atomic mass is 9.94. The monoisotopic (exact) mass is 618 g/mol. The van der Waals surface area contributed by atoms with Crippen molar-refractivity contribution in [3.8, 4) is 17.1 Å². The zero-order valence-corrected chi connectivity index (χ0v) is 25.1. The van der Waals surface area contributed by atoms with Gasteiger partial charge in [-0.25, -0.2) is 29.0 Å². The molecule has 2 aromatic carbocycles. The number of H-pyrrole nitrogens is 1. The number of nitrogen functional groups attached to an aromatic ring is 1. The summed E-state index contributed by atoms with van der Waals surface area (Å²) in [4.78, 5) is 19.5. The SMILES string of the molecule is CC.CC1(C)CCOC1.NNC(=O)c1n[nH]c(Cc2cc(F)c(-c3cccc(OCc4ccc(Cl)cc4F)n3)cc2F)n1. The van der Waals surface area contributed by atoms with E-state index in [-0.39, 0.29) is 58.0 Å². The number of nitrogens with one attached hydrogen (secondary N) is 2. The summed E-state index contributed by atoms with van der Waals surface area (Å²) in [5.41, 5.74) is 2.63. The number of aromatic nitrogens is 4. The molecule has 0 atom stereocenters. The molecule has 0 unspecified atom stereocenters. The summed E-state index contributed by atoms with van der Waals surface area (Å²) in [6, 6.07) is 10.7. The number of amides is 1. The molecule has 9 nitrogen and oxygen atoms in total. The van der Waals surface area contributed by atoms with Crippen LogP contribution in [0.2, 0.25) is 5.02 Å². The molecule has 0 aliphatic carbocycles. The number of hydrogen-bond donors (Lipinski definition) is 3. The molecule has 43 heavy (non-hydrogen) atoms. The maximum Gasteiger partial charge on any atom is 0.304 e. The van der Waals surface area contributed by atoms with Crippen LogP contribution in [0.15, 0.2) is 48.5 Å². The second kappa shape index (κ2) is 15.5. The fraction of sp³-hybridized carbons (Fsp3) is 0.333. The predicted molar refractivity (Wildman–Crippen MR) is 157 cm³/mol. The molecule has 230 valence electrons. The molecule has 1 saturated heterocycles. The number of benzene rings is 2. The summed E-state index contributed by atoms with van der Waals surface area (Å²) in [5.74, 6) is 2.33. The molecule has 1 aliphatic heterocycles. The number of nitrogens with zero attached hydrogens (tertiary/aromatic N) is 3. The van der Waals surface area contributed by atoms with E-state index in [4.69, 9.17) is 26.9 Å². The molecule has 0 saturated carbocycles. The van der Waals surface area contributed by atoms with Gasteiger partial charge in [0, 0.05) is 35.2 Å². The van der Waals surface area contributed by atoms with E-state index in [9.17, 15) is 18.0 Å². The van der Waals surface area contributed by atoms with Crippen LogP contribution in [0.4, 0.5) is 13.2 Å². The standard InChI is InChI=1S/C22H16ClF3N6O2.C6H12O.C2H6/c23-13-5-4-11(15(24)8-13)10-34-20-3-1-2-18(28-20)14-9-16(25)12(6-17(14)26)7-19-29-21(32-31-19)22(33)30-27;1-6(2)3-4-7-5-6;1-2/h1-6,8-9H,7,10,27H2,(H,30,33)(H,29,31,32);3-5H2,1-2H3;1-2H3. The first-order valence-electron chi connectivity index (χ1n) is 13.6. The van der Waals surface area contributed by atoms with Gasteiger partial charge in [-0.15, -0.1) is 5.10 Å². The van der Waals surface area contributed by atoms with Gasteiger partial charge in [-0.1, -0.05) is 51.4 Å². The van der Waals surface area contributed by atoms with E-state index in [1.165, 1.54) is 30.7 Å². The predicted octanol–water partition coefficient (Wildman–Crippen LogP) is 6.17. The first-order valence-corrected chi connectivity index (χ1v) is 13.9. The Morgan fingerprint density at radius 1 is 1.07 bits per heavy atom. The lowest BCUT2D eigenvalue weighted by Crippen LogP contribution is -2.30. The number of hydrazine groups is 1. The van der Waals surface area contributed by atoms with Gasteiger partial charge in [-0.2, -0.15) is 0 Å². The van der Waals surface area contributed by atoms with Crippen molar-refractivity contribution in [2.24, 2.45) is 11.3 Å². The van der Waals surface area contributed by atoms with Crippen LogP contribution in [0.25, 0.3) is 11.3 Å². The van der Waals surface area contributed by atoms with Crippen molar-refractivity contribution in [2.45, 2.75) is 47.1 Å². The van der Waals surface area contributed by atoms with Crippen molar-refractivity contribution in [1.82, 2.24) is 25.6 Å². The Hall–Kier alpha value is -4.00. The molecule has 5 rings (SSSR count). The number of halogens is 4. The number of carbonyl (C=O) groups excluding carboxylic acids is 1. The highest BCUT2D eigenvalue weighted by atomic mass is 35.5. The van der Waals surface area contributed by atoms with Crippen LogP contribution in [0.3, 0.4) is 0 Å². The van der Waals surface area contributed by atoms with Gasteiger partial charge in [0.25, 0.3) is 0 Å². The van der Waals surface area contributed by atoms with Gasteiger partial charge in [-0.3, -0.25) is 15.3 Å². The quantitative estimate of drug-likeness (QED) is 0.128. The van der Waals surface area contributed by atoms with E-state index in [1.807, 2.05) is 19.3 Å². The largest absolute Gasteiger partial charge is 0.473 e. The molecule has 1 aliphatic rings. The molecule has 1 fully saturated rings. The number of pyridine rings is 1. The minimum absolute atomic E-state index is 0.0114. The lowest BCUT2D eigenvalue weighted by molar-refractivity contribution is 0.0943. The fourth-order valence-corrected chi connectivity index (χ4v) is 4.00. The van der Waals surface area contributed by atoms with Gasteiger partial charge >= 0.3 is 5.91 Å². The normalized spacial score (nSPS) is 13.3. The highest BCUT2D eigenvalue weighted by Gasteiger charge is 2.23. The molecule has 0 spiro atoms. The van der Waals surface area contributed by atoms with Gasteiger partial charge in [0.05, 0.1) is 12.3 Å². The van der Waals surface area contributed by atoms with Crippen LogP contribution in [-0.2, 0) is 17.8 Å². The molecule has 4 aromatic rings. The number of hydrogen-bond acceptors (Lipinski definition) is 7. The molecule has 4 N–H and O–H groups in total. The zero-order chi connectivity index (χ0) is 31.6. The van der Waals surface area contributed by atoms with Crippen LogP contribution < -0.4 is 16.0 Å². The second-order valence-corrected chi connectivity index (χ2v) is 10.5. The van der Waals surface area contributed by atoms with Gasteiger partial charge < -0.3 is 9.47 Å².